The van der Waals surface area contributed by atoms with Crippen molar-refractivity contribution in [2.75, 3.05) is 5.73 Å². The molecule has 4 aromatic rings. The summed E-state index contributed by atoms with van der Waals surface area (Å²) < 4.78 is 27.9. The van der Waals surface area contributed by atoms with E-state index >= 15 is 0 Å². The molecule has 0 aliphatic rings. The van der Waals surface area contributed by atoms with Gasteiger partial charge in [0.05, 0.1) is 23.5 Å². The third-order valence-electron chi connectivity index (χ3n) is 4.93. The molecule has 4 rings (SSSR count). The first-order valence-corrected chi connectivity index (χ1v) is 11.8. The minimum atomic E-state index is -4.64. The fourth-order valence-electron chi connectivity index (χ4n) is 3.24. The van der Waals surface area contributed by atoms with Crippen molar-refractivity contribution in [3.63, 3.8) is 0 Å². The number of hydrogen-bond donors (Lipinski definition) is 3. The van der Waals surface area contributed by atoms with Gasteiger partial charge in [-0.15, -0.1) is 0 Å². The predicted molar refractivity (Wildman–Crippen MR) is 122 cm³/mol. The normalized spacial score (nSPS) is 11.2. The summed E-state index contributed by atoms with van der Waals surface area (Å²) in [5.74, 6) is 1.05. The minimum Gasteiger partial charge on any atom is -0.473 e. The van der Waals surface area contributed by atoms with Gasteiger partial charge in [-0.1, -0.05) is 23.4 Å². The monoisotopic (exact) mass is 494 g/mol. The first-order valence-electron chi connectivity index (χ1n) is 10.3. The van der Waals surface area contributed by atoms with Gasteiger partial charge in [-0.05, 0) is 35.4 Å². The van der Waals surface area contributed by atoms with Gasteiger partial charge in [-0.25, -0.2) is 18.6 Å². The smallest absolute Gasteiger partial charge is 0.472 e. The lowest BCUT2D eigenvalue weighted by Gasteiger charge is -2.07. The van der Waals surface area contributed by atoms with Gasteiger partial charge in [0, 0.05) is 24.8 Å². The van der Waals surface area contributed by atoms with Crippen LogP contribution in [0.15, 0.2) is 71.5 Å². The van der Waals surface area contributed by atoms with E-state index in [0.29, 0.717) is 41.5 Å². The number of nitrogens with zero attached hydrogens (tertiary/aromatic N) is 4. The molecule has 3 heterocycles. The molecule has 0 unspecified atom stereocenters. The Labute approximate surface area is 200 Å². The van der Waals surface area contributed by atoms with E-state index in [2.05, 4.69) is 20.7 Å². The Morgan fingerprint density at radius 2 is 2.00 bits per heavy atom. The molecule has 0 atom stereocenters. The highest BCUT2D eigenvalue weighted by molar-refractivity contribution is 7.46. The van der Waals surface area contributed by atoms with E-state index in [-0.39, 0.29) is 5.82 Å². The molecule has 178 valence electrons. The molecule has 1 aromatic carbocycles. The summed E-state index contributed by atoms with van der Waals surface area (Å²) in [4.78, 5) is 22.1. The number of nitriles is 1. The van der Waals surface area contributed by atoms with Crippen LogP contribution in [0.5, 0.6) is 5.88 Å². The van der Waals surface area contributed by atoms with Crippen molar-refractivity contribution in [3.05, 3.63) is 89.4 Å². The van der Waals surface area contributed by atoms with Crippen molar-refractivity contribution in [2.45, 2.75) is 19.8 Å². The number of phosphoric acid groups is 1. The summed E-state index contributed by atoms with van der Waals surface area (Å²) in [6.45, 7) is -0.124. The van der Waals surface area contributed by atoms with Crippen LogP contribution in [-0.4, -0.2) is 19.9 Å². The molecule has 0 radical (unpaired) electrons. The van der Waals surface area contributed by atoms with E-state index in [1.165, 1.54) is 10.8 Å². The van der Waals surface area contributed by atoms with Crippen molar-refractivity contribution in [1.29, 1.82) is 5.26 Å². The second-order valence-corrected chi connectivity index (χ2v) is 8.73. The number of rotatable bonds is 9. The molecule has 12 heteroatoms. The number of anilines is 1. The highest BCUT2D eigenvalue weighted by Gasteiger charge is 2.20. The van der Waals surface area contributed by atoms with Crippen molar-refractivity contribution in [2.24, 2.45) is 0 Å². The molecule has 0 amide bonds. The number of nitrogens with two attached hydrogens (primary N) is 1. The Balaban J connectivity index is 1.39. The second kappa shape index (κ2) is 10.5. The van der Waals surface area contributed by atoms with Gasteiger partial charge in [-0.3, -0.25) is 5.73 Å². The van der Waals surface area contributed by atoms with E-state index in [9.17, 15) is 4.57 Å². The highest BCUT2D eigenvalue weighted by atomic mass is 31.2. The van der Waals surface area contributed by atoms with Crippen LogP contribution in [0.2, 0.25) is 0 Å². The van der Waals surface area contributed by atoms with Crippen LogP contribution in [0.3, 0.4) is 0 Å². The second-order valence-electron chi connectivity index (χ2n) is 7.49. The summed E-state index contributed by atoms with van der Waals surface area (Å²) in [7, 11) is -4.64. The Bertz CT molecular complexity index is 1410. The number of ether oxygens (including phenoxy) is 1. The average Bonchev–Trinajstić information content (AvgIpc) is 3.30. The summed E-state index contributed by atoms with van der Waals surface area (Å²) in [5.41, 5.74) is 9.59. The van der Waals surface area contributed by atoms with Gasteiger partial charge in [0.15, 0.2) is 5.76 Å². The Hall–Kier alpha value is -4.07. The van der Waals surface area contributed by atoms with Crippen LogP contribution in [0.1, 0.15) is 22.4 Å². The minimum absolute atomic E-state index is 0.201. The lowest BCUT2D eigenvalue weighted by molar-refractivity contribution is -0.711. The molecule has 0 saturated carbocycles. The van der Waals surface area contributed by atoms with Crippen LogP contribution in [0.25, 0.3) is 11.3 Å². The SMILES string of the molecule is N#Cc1cccc(COc2ccc(Cc3cc(-c4ccc[n+](COP(=O)(O)O)c4N)on3)cn2)c1. The number of hydrogen-bond acceptors (Lipinski definition) is 8. The number of benzene rings is 1. The van der Waals surface area contributed by atoms with Gasteiger partial charge in [0.25, 0.3) is 5.82 Å². The fraction of sp³-hybridized carbons (Fsp3) is 0.130. The topological polar surface area (TPSA) is 169 Å². The summed E-state index contributed by atoms with van der Waals surface area (Å²) >= 11 is 0. The molecule has 35 heavy (non-hydrogen) atoms. The predicted octanol–water partition coefficient (Wildman–Crippen LogP) is 2.71. The van der Waals surface area contributed by atoms with Crippen molar-refractivity contribution in [1.82, 2.24) is 10.1 Å². The molecule has 0 aliphatic heterocycles. The molecule has 0 spiro atoms. The maximum absolute atomic E-state index is 11.0. The molecule has 3 aromatic heterocycles. The number of phosphoric ester groups is 1. The molecular weight excluding hydrogens is 473 g/mol. The van der Waals surface area contributed by atoms with Crippen molar-refractivity contribution >= 4 is 13.6 Å². The Morgan fingerprint density at radius 1 is 1.14 bits per heavy atom. The van der Waals surface area contributed by atoms with Crippen molar-refractivity contribution < 1.29 is 32.7 Å². The fourth-order valence-corrected chi connectivity index (χ4v) is 3.52. The first kappa shape index (κ1) is 24.1. The van der Waals surface area contributed by atoms with E-state index in [1.807, 2.05) is 12.1 Å². The van der Waals surface area contributed by atoms with Crippen LogP contribution in [0.4, 0.5) is 5.82 Å². The number of pyridine rings is 2. The van der Waals surface area contributed by atoms with E-state index in [4.69, 9.17) is 30.0 Å². The van der Waals surface area contributed by atoms with Gasteiger partial charge in [0.2, 0.25) is 12.6 Å². The molecule has 11 nitrogen and oxygen atoms in total. The van der Waals surface area contributed by atoms with Crippen LogP contribution in [0, 0.1) is 11.3 Å². The maximum Gasteiger partial charge on any atom is 0.472 e. The third-order valence-corrected chi connectivity index (χ3v) is 5.38. The third kappa shape index (κ3) is 6.50. The van der Waals surface area contributed by atoms with E-state index < -0.39 is 14.6 Å². The molecule has 0 bridgehead atoms. The highest BCUT2D eigenvalue weighted by Crippen LogP contribution is 2.35. The van der Waals surface area contributed by atoms with E-state index in [0.717, 1.165) is 11.1 Å². The van der Waals surface area contributed by atoms with Gasteiger partial charge < -0.3 is 19.0 Å². The van der Waals surface area contributed by atoms with Crippen LogP contribution in [-0.2, 0) is 28.8 Å². The van der Waals surface area contributed by atoms with Gasteiger partial charge >= 0.3 is 7.82 Å². The molecule has 0 fully saturated rings. The van der Waals surface area contributed by atoms with Crippen LogP contribution >= 0.6 is 7.82 Å². The van der Waals surface area contributed by atoms with E-state index in [1.54, 1.807) is 48.7 Å². The largest absolute Gasteiger partial charge is 0.473 e. The first-order chi connectivity index (χ1) is 16.8. The molecule has 0 aliphatic carbocycles. The summed E-state index contributed by atoms with van der Waals surface area (Å²) in [6, 6.07) is 18.0. The quantitative estimate of drug-likeness (QED) is 0.232. The van der Waals surface area contributed by atoms with Crippen molar-refractivity contribution in [3.8, 4) is 23.3 Å². The molecular formula is C23H21N5O6P+. The zero-order valence-corrected chi connectivity index (χ0v) is 19.2. The summed E-state index contributed by atoms with van der Waals surface area (Å²) in [5, 5.41) is 13.1. The standard InChI is InChI=1S/C23H20N5O6P/c24-12-16-3-1-4-18(9-16)14-32-22-7-6-17(13-26-22)10-19-11-21(34-27-19)20-5-2-8-28(23(20)25)15-33-35(29,30)31/h1-9,11,13,25H,10,14-15H2,(H2,29,30,31)/p+1. The summed E-state index contributed by atoms with van der Waals surface area (Å²) in [6.07, 6.45) is 3.66. The zero-order chi connectivity index (χ0) is 24.8. The van der Waals surface area contributed by atoms with Crippen LogP contribution < -0.4 is 15.0 Å². The Morgan fingerprint density at radius 3 is 2.74 bits per heavy atom. The molecule has 4 N–H and O–H groups in total. The lowest BCUT2D eigenvalue weighted by atomic mass is 10.1. The average molecular weight is 494 g/mol. The van der Waals surface area contributed by atoms with Gasteiger partial charge in [0.1, 0.15) is 12.2 Å². The lowest BCUT2D eigenvalue weighted by Crippen LogP contribution is -2.38. The Kier molecular flexibility index (Phi) is 7.19. The molecule has 0 saturated heterocycles. The zero-order valence-electron chi connectivity index (χ0n) is 18.3. The maximum atomic E-state index is 11.0. The number of nitrogen functional groups attached to an aromatic ring is 1. The van der Waals surface area contributed by atoms with Gasteiger partial charge in [-0.2, -0.15) is 5.26 Å². The number of aromatic nitrogens is 3.